The van der Waals surface area contributed by atoms with Gasteiger partial charge < -0.3 is 18.3 Å². The minimum absolute atomic E-state index is 0.00833. The highest BCUT2D eigenvalue weighted by atomic mass is 32.2. The number of aromatic nitrogens is 4. The molecule has 1 heterocycles. The predicted molar refractivity (Wildman–Crippen MR) is 221 cm³/mol. The molecule has 0 N–H and O–H groups in total. The standard InChI is InChI=1S/C39H69N5O6SSi2/c1-36(2,3)47-34(45)43(35(46)48-37(4,5)6)28-21-26-31(49-52(13,14)38(7,8)9)24-20-25-32(50-53(15,16)39(10,11)12)27-29-51-33-40-41-42-44(33)30-22-18-17-19-23-30/h17-20,22-23,25,31-32H,21,24,26-29H2,1-16H3/b25-20+/t31-,32+/m0/s1. The quantitative estimate of drug-likeness (QED) is 0.0923. The molecule has 0 unspecified atom stereocenters. The van der Waals surface area contributed by atoms with Crippen molar-refractivity contribution in [2.45, 2.75) is 174 Å². The smallest absolute Gasteiger partial charge is 0.419 e. The van der Waals surface area contributed by atoms with Gasteiger partial charge in [-0.1, -0.05) is 83.7 Å². The van der Waals surface area contributed by atoms with E-state index in [1.165, 1.54) is 0 Å². The van der Waals surface area contributed by atoms with E-state index in [1.807, 2.05) is 30.3 Å². The first-order valence-electron chi connectivity index (χ1n) is 18.8. The number of carbonyl (C=O) groups is 2. The number of benzene rings is 1. The Bertz CT molecular complexity index is 1450. The molecule has 300 valence electrons. The van der Waals surface area contributed by atoms with Gasteiger partial charge in [0.05, 0.1) is 11.8 Å². The highest BCUT2D eigenvalue weighted by Gasteiger charge is 2.40. The molecular formula is C39H69N5O6SSi2. The van der Waals surface area contributed by atoms with Crippen molar-refractivity contribution in [3.05, 3.63) is 42.5 Å². The SMILES string of the molecule is CC(C)(C)OC(=O)N(CCC[C@H](C/C=C/[C@H](CCSc1nnnn1-c1ccccc1)O[Si](C)(C)C(C)(C)C)O[Si](C)(C)C(C)(C)C)C(=O)OC(C)(C)C. The first kappa shape index (κ1) is 46.6. The number of imide groups is 1. The number of hydrogen-bond acceptors (Lipinski definition) is 10. The van der Waals surface area contributed by atoms with Gasteiger partial charge in [-0.3, -0.25) is 0 Å². The van der Waals surface area contributed by atoms with Crippen molar-refractivity contribution in [1.29, 1.82) is 0 Å². The van der Waals surface area contributed by atoms with Gasteiger partial charge >= 0.3 is 12.2 Å². The third-order valence-electron chi connectivity index (χ3n) is 9.48. The number of amides is 2. The van der Waals surface area contributed by atoms with E-state index in [4.69, 9.17) is 18.3 Å². The molecule has 0 aliphatic carbocycles. The summed E-state index contributed by atoms with van der Waals surface area (Å²) in [4.78, 5) is 27.4. The Hall–Kier alpha value is -2.53. The topological polar surface area (TPSA) is 118 Å². The van der Waals surface area contributed by atoms with Gasteiger partial charge in [-0.25, -0.2) is 14.5 Å². The van der Waals surface area contributed by atoms with Crippen LogP contribution in [-0.4, -0.2) is 89.6 Å². The van der Waals surface area contributed by atoms with Crippen LogP contribution in [0.4, 0.5) is 9.59 Å². The van der Waals surface area contributed by atoms with Crippen molar-refractivity contribution in [1.82, 2.24) is 25.1 Å². The van der Waals surface area contributed by atoms with Crippen LogP contribution in [0.5, 0.6) is 0 Å². The monoisotopic (exact) mass is 791 g/mol. The molecule has 0 spiro atoms. The van der Waals surface area contributed by atoms with E-state index in [1.54, 1.807) is 58.0 Å². The average Bonchev–Trinajstić information content (AvgIpc) is 3.44. The number of thioether (sulfide) groups is 1. The minimum Gasteiger partial charge on any atom is -0.443 e. The molecule has 1 aromatic carbocycles. The molecule has 0 saturated heterocycles. The second-order valence-corrected chi connectivity index (χ2v) is 29.3. The van der Waals surface area contributed by atoms with Crippen molar-refractivity contribution in [3.63, 3.8) is 0 Å². The van der Waals surface area contributed by atoms with Gasteiger partial charge in [-0.05, 0) is 126 Å². The van der Waals surface area contributed by atoms with E-state index in [0.29, 0.717) is 19.3 Å². The summed E-state index contributed by atoms with van der Waals surface area (Å²) in [6.07, 6.45) is 5.35. The summed E-state index contributed by atoms with van der Waals surface area (Å²) in [5.74, 6) is 0.770. The summed E-state index contributed by atoms with van der Waals surface area (Å²) in [6, 6.07) is 9.89. The fraction of sp³-hybridized carbons (Fsp3) is 0.718. The highest BCUT2D eigenvalue weighted by Crippen LogP contribution is 2.39. The Labute approximate surface area is 326 Å². The Morgan fingerprint density at radius 2 is 1.34 bits per heavy atom. The molecule has 0 aliphatic rings. The lowest BCUT2D eigenvalue weighted by atomic mass is 10.1. The van der Waals surface area contributed by atoms with E-state index in [2.05, 4.69) is 95.4 Å². The van der Waals surface area contributed by atoms with Crippen LogP contribution in [0, 0.1) is 0 Å². The molecule has 0 saturated carbocycles. The third-order valence-corrected chi connectivity index (χ3v) is 19.5. The number of tetrazole rings is 1. The Morgan fingerprint density at radius 3 is 1.85 bits per heavy atom. The summed E-state index contributed by atoms with van der Waals surface area (Å²) in [5, 5.41) is 13.2. The summed E-state index contributed by atoms with van der Waals surface area (Å²) >= 11 is 1.61. The number of hydrogen-bond donors (Lipinski definition) is 0. The fourth-order valence-corrected chi connectivity index (χ4v) is 8.18. The molecule has 0 fully saturated rings. The van der Waals surface area contributed by atoms with Crippen molar-refractivity contribution in [2.24, 2.45) is 0 Å². The number of carbonyl (C=O) groups excluding carboxylic acids is 2. The Balaban J connectivity index is 2.28. The van der Waals surface area contributed by atoms with Gasteiger partial charge in [0.15, 0.2) is 16.6 Å². The molecule has 0 aliphatic heterocycles. The number of rotatable bonds is 16. The van der Waals surface area contributed by atoms with Gasteiger partial charge in [0.2, 0.25) is 5.16 Å². The maximum absolute atomic E-state index is 13.1. The van der Waals surface area contributed by atoms with E-state index >= 15 is 0 Å². The minimum atomic E-state index is -2.16. The van der Waals surface area contributed by atoms with Gasteiger partial charge in [-0.15, -0.1) is 5.10 Å². The first-order chi connectivity index (χ1) is 24.1. The number of nitrogens with zero attached hydrogens (tertiary/aromatic N) is 5. The highest BCUT2D eigenvalue weighted by molar-refractivity contribution is 7.99. The second kappa shape index (κ2) is 18.9. The zero-order chi connectivity index (χ0) is 40.5. The Kier molecular flexibility index (Phi) is 16.6. The van der Waals surface area contributed by atoms with Gasteiger partial charge in [0.25, 0.3) is 0 Å². The van der Waals surface area contributed by atoms with Crippen LogP contribution in [0.15, 0.2) is 47.6 Å². The molecule has 2 amide bonds. The molecule has 2 rings (SSSR count). The zero-order valence-corrected chi connectivity index (χ0v) is 38.3. The normalized spacial score (nSPS) is 14.6. The molecule has 53 heavy (non-hydrogen) atoms. The lowest BCUT2D eigenvalue weighted by Crippen LogP contribution is -2.45. The lowest BCUT2D eigenvalue weighted by Gasteiger charge is -2.39. The van der Waals surface area contributed by atoms with E-state index < -0.39 is 40.0 Å². The summed E-state index contributed by atoms with van der Waals surface area (Å²) in [7, 11) is -4.26. The molecule has 0 radical (unpaired) electrons. The van der Waals surface area contributed by atoms with E-state index in [9.17, 15) is 9.59 Å². The summed E-state index contributed by atoms with van der Waals surface area (Å²) < 4.78 is 26.9. The van der Waals surface area contributed by atoms with Crippen LogP contribution < -0.4 is 0 Å². The van der Waals surface area contributed by atoms with Crippen LogP contribution in [-0.2, 0) is 18.3 Å². The van der Waals surface area contributed by atoms with Crippen LogP contribution in [0.3, 0.4) is 0 Å². The largest absolute Gasteiger partial charge is 0.443 e. The van der Waals surface area contributed by atoms with Crippen molar-refractivity contribution in [3.8, 4) is 5.69 Å². The van der Waals surface area contributed by atoms with E-state index in [-0.39, 0.29) is 28.8 Å². The van der Waals surface area contributed by atoms with Crippen LogP contribution >= 0.6 is 11.8 Å². The molecule has 2 atom stereocenters. The zero-order valence-electron chi connectivity index (χ0n) is 35.5. The van der Waals surface area contributed by atoms with E-state index in [0.717, 1.165) is 27.9 Å². The molecule has 0 bridgehead atoms. The molecular weight excluding hydrogens is 723 g/mol. The lowest BCUT2D eigenvalue weighted by molar-refractivity contribution is 0.000584. The molecule has 2 aromatic rings. The third kappa shape index (κ3) is 16.0. The van der Waals surface area contributed by atoms with Gasteiger partial charge in [0.1, 0.15) is 11.2 Å². The van der Waals surface area contributed by atoms with Crippen molar-refractivity contribution in [2.75, 3.05) is 12.3 Å². The average molecular weight is 792 g/mol. The number of ether oxygens (including phenoxy) is 2. The molecule has 11 nitrogen and oxygen atoms in total. The Morgan fingerprint density at radius 1 is 0.811 bits per heavy atom. The fourth-order valence-electron chi connectivity index (χ4n) is 4.58. The maximum Gasteiger partial charge on any atom is 0.419 e. The first-order valence-corrected chi connectivity index (χ1v) is 25.6. The molecule has 1 aromatic heterocycles. The predicted octanol–water partition coefficient (Wildman–Crippen LogP) is 10.8. The maximum atomic E-state index is 13.1. The second-order valence-electron chi connectivity index (χ2n) is 18.7. The molecule has 14 heteroatoms. The van der Waals surface area contributed by atoms with Gasteiger partial charge in [0, 0.05) is 18.4 Å². The van der Waals surface area contributed by atoms with Gasteiger partial charge in [-0.2, -0.15) is 4.68 Å². The number of para-hydroxylation sites is 1. The van der Waals surface area contributed by atoms with Crippen molar-refractivity contribution < 1.29 is 27.9 Å². The van der Waals surface area contributed by atoms with Crippen LogP contribution in [0.2, 0.25) is 36.3 Å². The summed E-state index contributed by atoms with van der Waals surface area (Å²) in [5.41, 5.74) is -0.593. The van der Waals surface area contributed by atoms with Crippen LogP contribution in [0.25, 0.3) is 5.69 Å². The van der Waals surface area contributed by atoms with Crippen LogP contribution in [0.1, 0.15) is 109 Å². The van der Waals surface area contributed by atoms with Crippen molar-refractivity contribution >= 4 is 40.6 Å². The summed E-state index contributed by atoms with van der Waals surface area (Å²) in [6.45, 7) is 33.3.